The molecular formula is CH4F2Ti. The largest absolute Gasteiger partial charge is 2.00 e. The SMILES string of the molecule is C.[F-].[F-].[Ti+2]. The maximum absolute atomic E-state index is 0. The van der Waals surface area contributed by atoms with Crippen LogP contribution in [0.1, 0.15) is 7.43 Å². The van der Waals surface area contributed by atoms with Crippen molar-refractivity contribution in [3.8, 4) is 0 Å². The molecule has 0 fully saturated rings. The molecule has 0 amide bonds. The number of hydrogen-bond donors (Lipinski definition) is 0. The van der Waals surface area contributed by atoms with Crippen molar-refractivity contribution < 1.29 is 31.1 Å². The molecule has 0 saturated carbocycles. The Morgan fingerprint density at radius 2 is 0.750 bits per heavy atom. The third kappa shape index (κ3) is 19.3. The van der Waals surface area contributed by atoms with E-state index in [0.717, 1.165) is 0 Å². The molecular weight excluding hydrogens is 97.9 g/mol. The van der Waals surface area contributed by atoms with E-state index in [-0.39, 0.29) is 38.6 Å². The van der Waals surface area contributed by atoms with Crippen molar-refractivity contribution >= 4 is 0 Å². The normalized spacial score (nSPS) is 0. The molecule has 0 rings (SSSR count). The fourth-order valence-electron chi connectivity index (χ4n) is 0. The number of hydrogen-bond acceptors (Lipinski definition) is 0. The molecule has 0 aliphatic rings. The van der Waals surface area contributed by atoms with Gasteiger partial charge in [0.25, 0.3) is 0 Å². The second-order valence-electron chi connectivity index (χ2n) is 0. The molecule has 0 atom stereocenters. The van der Waals surface area contributed by atoms with Crippen molar-refractivity contribution in [3.63, 3.8) is 0 Å². The van der Waals surface area contributed by atoms with Gasteiger partial charge in [-0.25, -0.2) is 0 Å². The van der Waals surface area contributed by atoms with Crippen LogP contribution < -0.4 is 9.41 Å². The third-order valence-electron chi connectivity index (χ3n) is 0. The second kappa shape index (κ2) is 71.8. The first-order chi connectivity index (χ1) is 0. The molecule has 0 aromatic heterocycles. The molecule has 0 aliphatic carbocycles. The Morgan fingerprint density at radius 1 is 0.750 bits per heavy atom. The van der Waals surface area contributed by atoms with Crippen LogP contribution in [0.2, 0.25) is 0 Å². The van der Waals surface area contributed by atoms with E-state index in [1.807, 2.05) is 0 Å². The summed E-state index contributed by atoms with van der Waals surface area (Å²) in [5.41, 5.74) is 0. The van der Waals surface area contributed by atoms with Crippen molar-refractivity contribution in [3.05, 3.63) is 0 Å². The van der Waals surface area contributed by atoms with Crippen LogP contribution in [-0.4, -0.2) is 0 Å². The second-order valence-corrected chi connectivity index (χ2v) is 0. The fraction of sp³-hybridized carbons (Fsp3) is 1.00. The Hall–Kier alpha value is 0.574. The van der Waals surface area contributed by atoms with Crippen molar-refractivity contribution in [2.24, 2.45) is 0 Å². The van der Waals surface area contributed by atoms with E-state index in [0.29, 0.717) is 0 Å². The van der Waals surface area contributed by atoms with Crippen LogP contribution in [0.5, 0.6) is 0 Å². The van der Waals surface area contributed by atoms with Crippen molar-refractivity contribution in [1.29, 1.82) is 0 Å². The van der Waals surface area contributed by atoms with Crippen molar-refractivity contribution in [1.82, 2.24) is 0 Å². The summed E-state index contributed by atoms with van der Waals surface area (Å²) in [6.07, 6.45) is 0. The Labute approximate surface area is 39.2 Å². The Morgan fingerprint density at radius 3 is 0.750 bits per heavy atom. The first-order valence-corrected chi connectivity index (χ1v) is 0. The zero-order valence-corrected chi connectivity index (χ0v) is 2.82. The molecule has 0 aromatic carbocycles. The van der Waals surface area contributed by atoms with Crippen LogP contribution >= 0.6 is 0 Å². The first-order valence-electron chi connectivity index (χ1n) is 0. The van der Waals surface area contributed by atoms with Crippen LogP contribution in [0.25, 0.3) is 0 Å². The molecule has 0 radical (unpaired) electrons. The summed E-state index contributed by atoms with van der Waals surface area (Å²) in [4.78, 5) is 0. The molecule has 0 heterocycles. The molecule has 0 N–H and O–H groups in total. The molecule has 26 valence electrons. The standard InChI is InChI=1S/CH4.2FH.Ti/h1H4;2*1H;/q;;;+2/p-2. The number of rotatable bonds is 0. The Bertz CT molecular complexity index is 6.00. The van der Waals surface area contributed by atoms with E-state index in [2.05, 4.69) is 0 Å². The average molecular weight is 102 g/mol. The minimum atomic E-state index is 0. The van der Waals surface area contributed by atoms with Gasteiger partial charge in [0.2, 0.25) is 0 Å². The summed E-state index contributed by atoms with van der Waals surface area (Å²) in [6, 6.07) is 0. The quantitative estimate of drug-likeness (QED) is 0.268. The van der Waals surface area contributed by atoms with E-state index in [1.54, 1.807) is 0 Å². The summed E-state index contributed by atoms with van der Waals surface area (Å²) in [5.74, 6) is 0. The summed E-state index contributed by atoms with van der Waals surface area (Å²) in [7, 11) is 0. The van der Waals surface area contributed by atoms with Crippen LogP contribution in [-0.2, 0) is 21.7 Å². The number of halogens is 2. The maximum atomic E-state index is 0. The van der Waals surface area contributed by atoms with Crippen molar-refractivity contribution in [2.75, 3.05) is 0 Å². The molecule has 0 aromatic rings. The van der Waals surface area contributed by atoms with Gasteiger partial charge in [-0.1, -0.05) is 7.43 Å². The molecule has 0 nitrogen and oxygen atoms in total. The molecule has 0 saturated heterocycles. The van der Waals surface area contributed by atoms with Crippen LogP contribution in [0.3, 0.4) is 0 Å². The van der Waals surface area contributed by atoms with Gasteiger partial charge in [0.05, 0.1) is 0 Å². The van der Waals surface area contributed by atoms with Gasteiger partial charge in [-0.15, -0.1) is 0 Å². The summed E-state index contributed by atoms with van der Waals surface area (Å²) in [5, 5.41) is 0. The van der Waals surface area contributed by atoms with Crippen LogP contribution in [0.4, 0.5) is 0 Å². The van der Waals surface area contributed by atoms with Gasteiger partial charge in [0.15, 0.2) is 0 Å². The van der Waals surface area contributed by atoms with Gasteiger partial charge < -0.3 is 9.41 Å². The van der Waals surface area contributed by atoms with E-state index in [1.165, 1.54) is 0 Å². The first kappa shape index (κ1) is 177. The zero-order valence-electron chi connectivity index (χ0n) is 1.26. The summed E-state index contributed by atoms with van der Waals surface area (Å²) >= 11 is 0. The minimum Gasteiger partial charge on any atom is -1.00 e. The maximum Gasteiger partial charge on any atom is 2.00 e. The van der Waals surface area contributed by atoms with Crippen LogP contribution in [0.15, 0.2) is 0 Å². The predicted octanol–water partition coefficient (Wildman–Crippen LogP) is -5.36. The van der Waals surface area contributed by atoms with E-state index < -0.39 is 0 Å². The molecule has 0 bridgehead atoms. The minimum absolute atomic E-state index is 0. The third-order valence-corrected chi connectivity index (χ3v) is 0. The van der Waals surface area contributed by atoms with Gasteiger partial charge in [0.1, 0.15) is 0 Å². The Balaban J connectivity index is 0. The van der Waals surface area contributed by atoms with E-state index in [4.69, 9.17) is 0 Å². The average Bonchev–Trinajstić information content (AvgIpc) is 0. The molecule has 3 heteroatoms. The van der Waals surface area contributed by atoms with Crippen molar-refractivity contribution in [2.45, 2.75) is 7.43 Å². The van der Waals surface area contributed by atoms with Gasteiger partial charge in [0, 0.05) is 0 Å². The van der Waals surface area contributed by atoms with Gasteiger partial charge in [-0.2, -0.15) is 0 Å². The van der Waals surface area contributed by atoms with E-state index in [9.17, 15) is 0 Å². The molecule has 4 heavy (non-hydrogen) atoms. The van der Waals surface area contributed by atoms with Gasteiger partial charge in [-0.05, 0) is 0 Å². The topological polar surface area (TPSA) is 0 Å². The fourth-order valence-corrected chi connectivity index (χ4v) is 0. The van der Waals surface area contributed by atoms with Gasteiger partial charge in [-0.3, -0.25) is 0 Å². The molecule has 0 unspecified atom stereocenters. The predicted molar refractivity (Wildman–Crippen MR) is 6.73 cm³/mol. The monoisotopic (exact) mass is 102 g/mol. The van der Waals surface area contributed by atoms with Crippen LogP contribution in [0, 0.1) is 0 Å². The van der Waals surface area contributed by atoms with Gasteiger partial charge >= 0.3 is 21.7 Å². The summed E-state index contributed by atoms with van der Waals surface area (Å²) < 4.78 is 0. The van der Waals surface area contributed by atoms with E-state index >= 15 is 0 Å². The smallest absolute Gasteiger partial charge is 1.00 e. The summed E-state index contributed by atoms with van der Waals surface area (Å²) in [6.45, 7) is 0. The molecule has 0 aliphatic heterocycles. The zero-order chi connectivity index (χ0) is 0. The Kier molecular flexibility index (Phi) is 3180. The molecule has 0 spiro atoms.